The SMILES string of the molecule is OC(CNCc1ccc(Cl)cc1)COCc1cccs1. The van der Waals surface area contributed by atoms with E-state index in [0.717, 1.165) is 10.6 Å². The van der Waals surface area contributed by atoms with E-state index < -0.39 is 6.10 Å². The number of aliphatic hydroxyl groups is 1. The van der Waals surface area contributed by atoms with Crippen LogP contribution in [0.4, 0.5) is 0 Å². The van der Waals surface area contributed by atoms with Crippen LogP contribution in [0.5, 0.6) is 0 Å². The number of hydrogen-bond donors (Lipinski definition) is 2. The first kappa shape index (κ1) is 15.5. The van der Waals surface area contributed by atoms with E-state index in [1.807, 2.05) is 41.8 Å². The Morgan fingerprint density at radius 2 is 2.05 bits per heavy atom. The minimum atomic E-state index is -0.498. The van der Waals surface area contributed by atoms with Crippen LogP contribution in [0.3, 0.4) is 0 Å². The molecular formula is C15H18ClNO2S. The molecule has 108 valence electrons. The molecule has 1 aromatic carbocycles. The number of nitrogens with one attached hydrogen (secondary N) is 1. The highest BCUT2D eigenvalue weighted by Gasteiger charge is 2.04. The van der Waals surface area contributed by atoms with Crippen LogP contribution in [0.25, 0.3) is 0 Å². The van der Waals surface area contributed by atoms with Gasteiger partial charge in [-0.05, 0) is 29.1 Å². The summed E-state index contributed by atoms with van der Waals surface area (Å²) in [5.74, 6) is 0. The molecule has 1 aromatic heterocycles. The van der Waals surface area contributed by atoms with E-state index >= 15 is 0 Å². The minimum absolute atomic E-state index is 0.339. The van der Waals surface area contributed by atoms with Crippen molar-refractivity contribution in [3.05, 3.63) is 57.2 Å². The van der Waals surface area contributed by atoms with Crippen molar-refractivity contribution in [3.8, 4) is 0 Å². The molecule has 0 aliphatic rings. The monoisotopic (exact) mass is 311 g/mol. The van der Waals surface area contributed by atoms with Crippen LogP contribution in [0.15, 0.2) is 41.8 Å². The Hall–Kier alpha value is -0.910. The molecule has 2 aromatic rings. The van der Waals surface area contributed by atoms with Crippen molar-refractivity contribution in [2.45, 2.75) is 19.3 Å². The highest BCUT2D eigenvalue weighted by atomic mass is 35.5. The third-order valence-electron chi connectivity index (χ3n) is 2.76. The lowest BCUT2D eigenvalue weighted by Crippen LogP contribution is -2.30. The molecule has 20 heavy (non-hydrogen) atoms. The molecule has 0 radical (unpaired) electrons. The molecule has 0 aliphatic heterocycles. The molecule has 0 fully saturated rings. The summed E-state index contributed by atoms with van der Waals surface area (Å²) >= 11 is 7.48. The first-order valence-corrected chi connectivity index (χ1v) is 7.73. The molecule has 1 heterocycles. The maximum atomic E-state index is 9.79. The third kappa shape index (κ3) is 5.61. The number of hydrogen-bond acceptors (Lipinski definition) is 4. The van der Waals surface area contributed by atoms with Gasteiger partial charge in [0.2, 0.25) is 0 Å². The van der Waals surface area contributed by atoms with Crippen LogP contribution >= 0.6 is 22.9 Å². The fourth-order valence-electron chi connectivity index (χ4n) is 1.73. The number of thiophene rings is 1. The lowest BCUT2D eigenvalue weighted by Gasteiger charge is -2.12. The van der Waals surface area contributed by atoms with Crippen LogP contribution in [-0.4, -0.2) is 24.4 Å². The highest BCUT2D eigenvalue weighted by Crippen LogP contribution is 2.10. The quantitative estimate of drug-likeness (QED) is 0.787. The predicted octanol–water partition coefficient (Wildman–Crippen LogP) is 3.07. The Morgan fingerprint density at radius 3 is 2.75 bits per heavy atom. The molecule has 2 N–H and O–H groups in total. The Bertz CT molecular complexity index is 487. The summed E-state index contributed by atoms with van der Waals surface area (Å²) in [7, 11) is 0. The normalized spacial score (nSPS) is 12.5. The zero-order chi connectivity index (χ0) is 14.2. The van der Waals surface area contributed by atoms with Gasteiger partial charge in [-0.2, -0.15) is 0 Å². The van der Waals surface area contributed by atoms with Crippen LogP contribution < -0.4 is 5.32 Å². The summed E-state index contributed by atoms with van der Waals surface area (Å²) in [5.41, 5.74) is 1.14. The van der Waals surface area contributed by atoms with Crippen molar-refractivity contribution < 1.29 is 9.84 Å². The molecular weight excluding hydrogens is 294 g/mol. The van der Waals surface area contributed by atoms with Crippen molar-refractivity contribution >= 4 is 22.9 Å². The second kappa shape index (κ2) is 8.39. The lowest BCUT2D eigenvalue weighted by molar-refractivity contribution is 0.0297. The smallest absolute Gasteiger partial charge is 0.0897 e. The zero-order valence-electron chi connectivity index (χ0n) is 11.1. The Morgan fingerprint density at radius 1 is 1.25 bits per heavy atom. The summed E-state index contributed by atoms with van der Waals surface area (Å²) in [6.45, 7) is 2.11. The molecule has 3 nitrogen and oxygen atoms in total. The van der Waals surface area contributed by atoms with Crippen molar-refractivity contribution in [2.24, 2.45) is 0 Å². The van der Waals surface area contributed by atoms with E-state index in [-0.39, 0.29) is 0 Å². The van der Waals surface area contributed by atoms with Crippen LogP contribution in [0.1, 0.15) is 10.4 Å². The summed E-state index contributed by atoms with van der Waals surface area (Å²) in [6.07, 6.45) is -0.498. The molecule has 2 rings (SSSR count). The van der Waals surface area contributed by atoms with Crippen LogP contribution in [-0.2, 0) is 17.9 Å². The van der Waals surface area contributed by atoms with Gasteiger partial charge in [-0.1, -0.05) is 29.8 Å². The maximum absolute atomic E-state index is 9.79. The molecule has 0 spiro atoms. The molecule has 0 bridgehead atoms. The third-order valence-corrected chi connectivity index (χ3v) is 3.86. The lowest BCUT2D eigenvalue weighted by atomic mass is 10.2. The minimum Gasteiger partial charge on any atom is -0.389 e. The van der Waals surface area contributed by atoms with Gasteiger partial charge in [0.05, 0.1) is 19.3 Å². The highest BCUT2D eigenvalue weighted by molar-refractivity contribution is 7.09. The molecule has 1 unspecified atom stereocenters. The average Bonchev–Trinajstić information content (AvgIpc) is 2.94. The molecule has 0 saturated heterocycles. The average molecular weight is 312 g/mol. The Labute approximate surface area is 128 Å². The van der Waals surface area contributed by atoms with Crippen LogP contribution in [0.2, 0.25) is 5.02 Å². The van der Waals surface area contributed by atoms with E-state index in [1.165, 1.54) is 4.88 Å². The summed E-state index contributed by atoms with van der Waals surface area (Å²) in [4.78, 5) is 1.17. The Balaban J connectivity index is 1.58. The Kier molecular flexibility index (Phi) is 6.50. The summed E-state index contributed by atoms with van der Waals surface area (Å²) in [5, 5.41) is 15.7. The number of ether oxygens (including phenoxy) is 1. The predicted molar refractivity (Wildman–Crippen MR) is 83.1 cm³/mol. The van der Waals surface area contributed by atoms with Gasteiger partial charge in [0, 0.05) is 23.0 Å². The van der Waals surface area contributed by atoms with Crippen molar-refractivity contribution in [1.29, 1.82) is 0 Å². The molecule has 0 amide bonds. The topological polar surface area (TPSA) is 41.5 Å². The second-order valence-electron chi connectivity index (χ2n) is 4.51. The van der Waals surface area contributed by atoms with Gasteiger partial charge >= 0.3 is 0 Å². The summed E-state index contributed by atoms with van der Waals surface area (Å²) in [6, 6.07) is 11.7. The van der Waals surface area contributed by atoms with E-state index in [2.05, 4.69) is 5.32 Å². The van der Waals surface area contributed by atoms with Gasteiger partial charge in [0.25, 0.3) is 0 Å². The first-order chi connectivity index (χ1) is 9.74. The number of aliphatic hydroxyl groups excluding tert-OH is 1. The molecule has 1 atom stereocenters. The van der Waals surface area contributed by atoms with Crippen molar-refractivity contribution in [3.63, 3.8) is 0 Å². The molecule has 5 heteroatoms. The standard InChI is InChI=1S/C15H18ClNO2S/c16-13-5-3-12(4-6-13)8-17-9-14(18)10-19-11-15-2-1-7-20-15/h1-7,14,17-18H,8-11H2. The first-order valence-electron chi connectivity index (χ1n) is 6.47. The molecule has 0 saturated carbocycles. The fraction of sp³-hybridized carbons (Fsp3) is 0.333. The largest absolute Gasteiger partial charge is 0.389 e. The van der Waals surface area contributed by atoms with Crippen molar-refractivity contribution in [1.82, 2.24) is 5.32 Å². The number of halogens is 1. The number of rotatable bonds is 8. The van der Waals surface area contributed by atoms with E-state index in [4.69, 9.17) is 16.3 Å². The van der Waals surface area contributed by atoms with Gasteiger partial charge in [-0.15, -0.1) is 11.3 Å². The second-order valence-corrected chi connectivity index (χ2v) is 5.97. The molecule has 0 aliphatic carbocycles. The number of benzene rings is 1. The fourth-order valence-corrected chi connectivity index (χ4v) is 2.50. The van der Waals surface area contributed by atoms with Gasteiger partial charge in [-0.25, -0.2) is 0 Å². The van der Waals surface area contributed by atoms with Gasteiger partial charge in [-0.3, -0.25) is 0 Å². The van der Waals surface area contributed by atoms with E-state index in [1.54, 1.807) is 11.3 Å². The van der Waals surface area contributed by atoms with Gasteiger partial charge < -0.3 is 15.2 Å². The van der Waals surface area contributed by atoms with Crippen LogP contribution in [0, 0.1) is 0 Å². The van der Waals surface area contributed by atoms with Gasteiger partial charge in [0.1, 0.15) is 0 Å². The van der Waals surface area contributed by atoms with Gasteiger partial charge in [0.15, 0.2) is 0 Å². The maximum Gasteiger partial charge on any atom is 0.0897 e. The van der Waals surface area contributed by atoms with E-state index in [9.17, 15) is 5.11 Å². The van der Waals surface area contributed by atoms with E-state index in [0.29, 0.717) is 26.3 Å². The van der Waals surface area contributed by atoms with Crippen molar-refractivity contribution in [2.75, 3.05) is 13.2 Å². The summed E-state index contributed by atoms with van der Waals surface area (Å²) < 4.78 is 5.46. The zero-order valence-corrected chi connectivity index (χ0v) is 12.7.